The van der Waals surface area contributed by atoms with Crippen LogP contribution in [-0.2, 0) is 9.53 Å². The first-order valence-corrected chi connectivity index (χ1v) is 8.26. The van der Waals surface area contributed by atoms with Crippen LogP contribution in [0, 0.1) is 20.8 Å². The second-order valence-corrected chi connectivity index (χ2v) is 5.90. The molecule has 3 rings (SSSR count). The largest absolute Gasteiger partial charge is 0.449 e. The highest BCUT2D eigenvalue weighted by Crippen LogP contribution is 2.20. The number of carbonyl (C=O) groups excluding carboxylic acids is 1. The predicted molar refractivity (Wildman–Crippen MR) is 95.6 cm³/mol. The third kappa shape index (κ3) is 3.72. The fourth-order valence-corrected chi connectivity index (χ4v) is 2.61. The highest BCUT2D eigenvalue weighted by atomic mass is 16.6. The Morgan fingerprint density at radius 1 is 1.19 bits per heavy atom. The average molecular weight is 352 g/mol. The molecule has 2 aromatic heterocycles. The van der Waals surface area contributed by atoms with Crippen molar-refractivity contribution in [1.29, 1.82) is 0 Å². The summed E-state index contributed by atoms with van der Waals surface area (Å²) in [7, 11) is 0. The van der Waals surface area contributed by atoms with Crippen LogP contribution in [0.25, 0.3) is 11.8 Å². The van der Waals surface area contributed by atoms with E-state index in [9.17, 15) is 4.79 Å². The molecule has 2 heterocycles. The molecular formula is C19H20N4O3. The van der Waals surface area contributed by atoms with Gasteiger partial charge in [-0.05, 0) is 39.0 Å². The molecule has 0 aliphatic rings. The molecule has 0 aliphatic carbocycles. The van der Waals surface area contributed by atoms with Crippen molar-refractivity contribution < 1.29 is 13.9 Å². The summed E-state index contributed by atoms with van der Waals surface area (Å²) in [4.78, 5) is 12.1. The molecule has 26 heavy (non-hydrogen) atoms. The van der Waals surface area contributed by atoms with E-state index in [0.29, 0.717) is 5.89 Å². The topological polar surface area (TPSA) is 83.0 Å². The van der Waals surface area contributed by atoms with E-state index in [4.69, 9.17) is 9.15 Å². The number of carbonyl (C=O) groups is 1. The van der Waals surface area contributed by atoms with Gasteiger partial charge in [-0.2, -0.15) is 5.10 Å². The smallest absolute Gasteiger partial charge is 0.331 e. The van der Waals surface area contributed by atoms with Crippen molar-refractivity contribution >= 4 is 12.0 Å². The summed E-state index contributed by atoms with van der Waals surface area (Å²) in [5, 5.41) is 12.1. The molecule has 134 valence electrons. The van der Waals surface area contributed by atoms with Crippen LogP contribution in [0.1, 0.15) is 41.8 Å². The van der Waals surface area contributed by atoms with Crippen LogP contribution in [0.5, 0.6) is 0 Å². The Kier molecular flexibility index (Phi) is 4.97. The molecule has 0 N–H and O–H groups in total. The zero-order valence-corrected chi connectivity index (χ0v) is 15.1. The van der Waals surface area contributed by atoms with Gasteiger partial charge >= 0.3 is 5.97 Å². The summed E-state index contributed by atoms with van der Waals surface area (Å²) < 4.78 is 12.4. The lowest BCUT2D eigenvalue weighted by molar-refractivity contribution is -0.143. The molecule has 0 fully saturated rings. The summed E-state index contributed by atoms with van der Waals surface area (Å²) in [5.74, 6) is 0.214. The molecule has 0 amide bonds. The first-order valence-electron chi connectivity index (χ1n) is 8.26. The Hall–Kier alpha value is -3.22. The van der Waals surface area contributed by atoms with Crippen molar-refractivity contribution in [3.05, 3.63) is 65.1 Å². The lowest BCUT2D eigenvalue weighted by Gasteiger charge is -2.06. The van der Waals surface area contributed by atoms with E-state index in [1.54, 1.807) is 19.9 Å². The highest BCUT2D eigenvalue weighted by Gasteiger charge is 2.16. The van der Waals surface area contributed by atoms with Crippen LogP contribution in [-0.4, -0.2) is 25.9 Å². The zero-order chi connectivity index (χ0) is 18.7. The first kappa shape index (κ1) is 17.6. The number of esters is 1. The maximum absolute atomic E-state index is 12.1. The Bertz CT molecular complexity index is 941. The van der Waals surface area contributed by atoms with Crippen LogP contribution >= 0.6 is 0 Å². The van der Waals surface area contributed by atoms with E-state index in [1.165, 1.54) is 6.08 Å². The predicted octanol–water partition coefficient (Wildman–Crippen LogP) is 3.50. The molecule has 1 atom stereocenters. The quantitative estimate of drug-likeness (QED) is 0.516. The SMILES string of the molecule is Cc1nnc(C(C)OC(=O)/C=C/c2c(C)nn(-c3ccccc3)c2C)o1. The summed E-state index contributed by atoms with van der Waals surface area (Å²) in [6.45, 7) is 7.23. The molecule has 7 heteroatoms. The van der Waals surface area contributed by atoms with Crippen molar-refractivity contribution in [1.82, 2.24) is 20.0 Å². The van der Waals surface area contributed by atoms with E-state index in [2.05, 4.69) is 15.3 Å². The number of aromatic nitrogens is 4. The minimum atomic E-state index is -0.609. The van der Waals surface area contributed by atoms with Crippen molar-refractivity contribution in [2.24, 2.45) is 0 Å². The fraction of sp³-hybridized carbons (Fsp3) is 0.263. The monoisotopic (exact) mass is 352 g/mol. The summed E-state index contributed by atoms with van der Waals surface area (Å²) in [6, 6.07) is 9.83. The molecule has 0 saturated heterocycles. The normalized spacial score (nSPS) is 12.5. The van der Waals surface area contributed by atoms with Gasteiger partial charge in [0.05, 0.1) is 11.4 Å². The van der Waals surface area contributed by atoms with Gasteiger partial charge in [0, 0.05) is 24.3 Å². The number of rotatable bonds is 5. The maximum atomic E-state index is 12.1. The lowest BCUT2D eigenvalue weighted by Crippen LogP contribution is -2.06. The molecule has 0 aliphatic heterocycles. The molecule has 0 spiro atoms. The number of benzene rings is 1. The van der Waals surface area contributed by atoms with Crippen molar-refractivity contribution in [3.63, 3.8) is 0 Å². The Balaban J connectivity index is 1.74. The molecule has 3 aromatic rings. The van der Waals surface area contributed by atoms with Crippen LogP contribution in [0.4, 0.5) is 0 Å². The Labute approximate surface area is 151 Å². The fourth-order valence-electron chi connectivity index (χ4n) is 2.61. The van der Waals surface area contributed by atoms with Gasteiger partial charge in [0.15, 0.2) is 6.10 Å². The summed E-state index contributed by atoms with van der Waals surface area (Å²) in [5.41, 5.74) is 3.62. The standard InChI is InChI=1S/C19H20N4O3/c1-12-17(13(2)23(22-12)16-8-6-5-7-9-16)10-11-18(24)25-14(3)19-21-20-15(4)26-19/h5-11,14H,1-4H3/b11-10+. The Morgan fingerprint density at radius 3 is 2.58 bits per heavy atom. The van der Waals surface area contributed by atoms with Gasteiger partial charge in [0.25, 0.3) is 5.89 Å². The van der Waals surface area contributed by atoms with E-state index >= 15 is 0 Å². The third-order valence-electron chi connectivity index (χ3n) is 3.92. The Morgan fingerprint density at radius 2 is 1.92 bits per heavy atom. The second-order valence-electron chi connectivity index (χ2n) is 5.90. The minimum Gasteiger partial charge on any atom is -0.449 e. The first-order chi connectivity index (χ1) is 12.5. The van der Waals surface area contributed by atoms with Crippen LogP contribution < -0.4 is 0 Å². The summed E-state index contributed by atoms with van der Waals surface area (Å²) in [6.07, 6.45) is 2.49. The van der Waals surface area contributed by atoms with Gasteiger partial charge in [-0.25, -0.2) is 9.48 Å². The van der Waals surface area contributed by atoms with Gasteiger partial charge in [-0.3, -0.25) is 0 Å². The minimum absolute atomic E-state index is 0.272. The molecule has 0 saturated carbocycles. The van der Waals surface area contributed by atoms with E-state index < -0.39 is 12.1 Å². The molecule has 0 bridgehead atoms. The molecule has 0 radical (unpaired) electrons. The zero-order valence-electron chi connectivity index (χ0n) is 15.1. The van der Waals surface area contributed by atoms with Gasteiger partial charge in [-0.15, -0.1) is 10.2 Å². The third-order valence-corrected chi connectivity index (χ3v) is 3.92. The van der Waals surface area contributed by atoms with E-state index in [0.717, 1.165) is 22.6 Å². The van der Waals surface area contributed by atoms with E-state index in [-0.39, 0.29) is 5.89 Å². The van der Waals surface area contributed by atoms with Crippen LogP contribution in [0.2, 0.25) is 0 Å². The molecule has 1 unspecified atom stereocenters. The van der Waals surface area contributed by atoms with Gasteiger partial charge in [-0.1, -0.05) is 18.2 Å². The maximum Gasteiger partial charge on any atom is 0.331 e. The van der Waals surface area contributed by atoms with Gasteiger partial charge in [0.1, 0.15) is 0 Å². The van der Waals surface area contributed by atoms with E-state index in [1.807, 2.05) is 48.9 Å². The number of aryl methyl sites for hydroxylation is 2. The number of para-hydroxylation sites is 1. The second kappa shape index (κ2) is 7.35. The number of ether oxygens (including phenoxy) is 1. The molecule has 7 nitrogen and oxygen atoms in total. The van der Waals surface area contributed by atoms with Crippen molar-refractivity contribution in [3.8, 4) is 5.69 Å². The highest BCUT2D eigenvalue weighted by molar-refractivity contribution is 5.87. The number of hydrogen-bond donors (Lipinski definition) is 0. The van der Waals surface area contributed by atoms with Crippen molar-refractivity contribution in [2.45, 2.75) is 33.8 Å². The summed E-state index contributed by atoms with van der Waals surface area (Å²) >= 11 is 0. The average Bonchev–Trinajstić information content (AvgIpc) is 3.18. The molecular weight excluding hydrogens is 332 g/mol. The van der Waals surface area contributed by atoms with Crippen LogP contribution in [0.3, 0.4) is 0 Å². The molecule has 1 aromatic carbocycles. The number of nitrogens with zero attached hydrogens (tertiary/aromatic N) is 4. The lowest BCUT2D eigenvalue weighted by atomic mass is 10.2. The van der Waals surface area contributed by atoms with Crippen LogP contribution in [0.15, 0.2) is 40.8 Å². The number of hydrogen-bond acceptors (Lipinski definition) is 6. The van der Waals surface area contributed by atoms with Gasteiger partial charge < -0.3 is 9.15 Å². The van der Waals surface area contributed by atoms with Crippen molar-refractivity contribution in [2.75, 3.05) is 0 Å². The van der Waals surface area contributed by atoms with Gasteiger partial charge in [0.2, 0.25) is 5.89 Å².